The van der Waals surface area contributed by atoms with E-state index in [0.717, 1.165) is 18.4 Å². The molecule has 0 bridgehead atoms. The summed E-state index contributed by atoms with van der Waals surface area (Å²) in [6.07, 6.45) is 4.10. The van der Waals surface area contributed by atoms with E-state index in [1.54, 1.807) is 19.2 Å². The van der Waals surface area contributed by atoms with Gasteiger partial charge in [-0.15, -0.1) is 0 Å². The van der Waals surface area contributed by atoms with Gasteiger partial charge in [0.2, 0.25) is 0 Å². The van der Waals surface area contributed by atoms with Gasteiger partial charge >= 0.3 is 5.69 Å². The molecule has 0 saturated heterocycles. The van der Waals surface area contributed by atoms with Crippen molar-refractivity contribution in [2.24, 2.45) is 0 Å². The van der Waals surface area contributed by atoms with E-state index in [4.69, 9.17) is 9.47 Å². The third kappa shape index (κ3) is 5.32. The quantitative estimate of drug-likeness (QED) is 0.408. The number of ether oxygens (including phenoxy) is 2. The van der Waals surface area contributed by atoms with Crippen LogP contribution in [0, 0.1) is 10.1 Å². The number of hydrogen-bond donors (Lipinski definition) is 1. The first kappa shape index (κ1) is 15.7. The third-order valence-electron chi connectivity index (χ3n) is 3.39. The molecule has 1 aliphatic carbocycles. The Bertz CT molecular complexity index is 475. The summed E-state index contributed by atoms with van der Waals surface area (Å²) in [5.74, 6) is 0.340. The molecular weight excluding hydrogens is 272 g/mol. The Morgan fingerprint density at radius 1 is 1.33 bits per heavy atom. The highest BCUT2D eigenvalue weighted by Gasteiger charge is 2.21. The van der Waals surface area contributed by atoms with Gasteiger partial charge in [0.15, 0.2) is 5.75 Å². The van der Waals surface area contributed by atoms with Crippen molar-refractivity contribution in [3.63, 3.8) is 0 Å². The molecule has 1 saturated carbocycles. The Hall–Kier alpha value is -1.66. The van der Waals surface area contributed by atoms with Crippen molar-refractivity contribution in [2.45, 2.75) is 38.3 Å². The number of nitro groups is 1. The van der Waals surface area contributed by atoms with Crippen molar-refractivity contribution in [1.82, 2.24) is 5.32 Å². The van der Waals surface area contributed by atoms with Crippen LogP contribution in [0.2, 0.25) is 0 Å². The van der Waals surface area contributed by atoms with Gasteiger partial charge in [-0.25, -0.2) is 0 Å². The van der Waals surface area contributed by atoms with Crippen LogP contribution in [0.25, 0.3) is 0 Å². The number of rotatable bonds is 10. The van der Waals surface area contributed by atoms with Gasteiger partial charge in [-0.3, -0.25) is 10.1 Å². The molecule has 0 radical (unpaired) electrons. The Labute approximate surface area is 124 Å². The van der Waals surface area contributed by atoms with E-state index in [1.165, 1.54) is 12.8 Å². The van der Waals surface area contributed by atoms with Crippen molar-refractivity contribution in [1.29, 1.82) is 0 Å². The topological polar surface area (TPSA) is 73.6 Å². The highest BCUT2D eigenvalue weighted by Crippen LogP contribution is 2.28. The summed E-state index contributed by atoms with van der Waals surface area (Å²) in [4.78, 5) is 10.8. The largest absolute Gasteiger partial charge is 0.487 e. The molecule has 1 N–H and O–H groups in total. The first-order chi connectivity index (χ1) is 10.2. The van der Waals surface area contributed by atoms with Crippen LogP contribution in [0.3, 0.4) is 0 Å². The minimum absolute atomic E-state index is 0.0387. The van der Waals surface area contributed by atoms with Crippen molar-refractivity contribution in [2.75, 3.05) is 20.3 Å². The molecule has 0 unspecified atom stereocenters. The van der Waals surface area contributed by atoms with E-state index < -0.39 is 0 Å². The zero-order valence-electron chi connectivity index (χ0n) is 12.3. The second kappa shape index (κ2) is 7.95. The molecule has 0 spiro atoms. The monoisotopic (exact) mass is 294 g/mol. The van der Waals surface area contributed by atoms with E-state index in [-0.39, 0.29) is 10.6 Å². The van der Waals surface area contributed by atoms with Crippen molar-refractivity contribution < 1.29 is 14.4 Å². The van der Waals surface area contributed by atoms with Crippen molar-refractivity contribution in [3.8, 4) is 5.75 Å². The summed E-state index contributed by atoms with van der Waals surface area (Å²) >= 11 is 0. The second-order valence-electron chi connectivity index (χ2n) is 5.26. The molecule has 2 rings (SSSR count). The first-order valence-corrected chi connectivity index (χ1v) is 7.33. The molecule has 0 aromatic heterocycles. The summed E-state index contributed by atoms with van der Waals surface area (Å²) in [6.45, 7) is 1.81. The van der Waals surface area contributed by atoms with E-state index in [0.29, 0.717) is 31.5 Å². The van der Waals surface area contributed by atoms with Crippen LogP contribution in [-0.2, 0) is 11.3 Å². The summed E-state index contributed by atoms with van der Waals surface area (Å²) in [7, 11) is 1.65. The van der Waals surface area contributed by atoms with E-state index in [9.17, 15) is 10.1 Å². The minimum Gasteiger partial charge on any atom is -0.487 e. The molecule has 0 aliphatic heterocycles. The van der Waals surface area contributed by atoms with Crippen LogP contribution >= 0.6 is 0 Å². The Kier molecular flexibility index (Phi) is 5.95. The van der Waals surface area contributed by atoms with Gasteiger partial charge in [-0.1, -0.05) is 6.07 Å². The van der Waals surface area contributed by atoms with Gasteiger partial charge in [-0.2, -0.15) is 0 Å². The van der Waals surface area contributed by atoms with Gasteiger partial charge in [0.05, 0.1) is 11.5 Å². The normalized spacial score (nSPS) is 14.1. The van der Waals surface area contributed by atoms with Gasteiger partial charge in [0.25, 0.3) is 0 Å². The van der Waals surface area contributed by atoms with Gasteiger partial charge in [-0.05, 0) is 37.3 Å². The lowest BCUT2D eigenvalue weighted by molar-refractivity contribution is -0.385. The molecule has 1 aromatic carbocycles. The Balaban J connectivity index is 1.90. The molecule has 0 amide bonds. The average molecular weight is 294 g/mol. The van der Waals surface area contributed by atoms with E-state index >= 15 is 0 Å². The Morgan fingerprint density at radius 3 is 2.76 bits per heavy atom. The Morgan fingerprint density at radius 2 is 2.10 bits per heavy atom. The van der Waals surface area contributed by atoms with Crippen LogP contribution in [-0.4, -0.2) is 31.3 Å². The maximum Gasteiger partial charge on any atom is 0.311 e. The summed E-state index contributed by atoms with van der Waals surface area (Å²) < 4.78 is 10.5. The van der Waals surface area contributed by atoms with Gasteiger partial charge in [0, 0.05) is 32.4 Å². The molecule has 1 aliphatic rings. The number of methoxy groups -OCH3 is 1. The van der Waals surface area contributed by atoms with Gasteiger partial charge in [0.1, 0.15) is 0 Å². The van der Waals surface area contributed by atoms with E-state index in [1.807, 2.05) is 6.07 Å². The van der Waals surface area contributed by atoms with Crippen LogP contribution in [0.5, 0.6) is 5.75 Å². The maximum absolute atomic E-state index is 11.1. The van der Waals surface area contributed by atoms with Crippen LogP contribution < -0.4 is 10.1 Å². The molecule has 0 heterocycles. The zero-order chi connectivity index (χ0) is 15.1. The lowest BCUT2D eigenvalue weighted by atomic mass is 10.2. The zero-order valence-corrected chi connectivity index (χ0v) is 12.3. The SMILES string of the molecule is COCCCCOc1ccc(CNC2CC2)cc1[N+](=O)[O-]. The fourth-order valence-corrected chi connectivity index (χ4v) is 2.02. The third-order valence-corrected chi connectivity index (χ3v) is 3.39. The molecule has 1 fully saturated rings. The van der Waals surface area contributed by atoms with Crippen molar-refractivity contribution >= 4 is 5.69 Å². The lowest BCUT2D eigenvalue weighted by Gasteiger charge is -2.09. The lowest BCUT2D eigenvalue weighted by Crippen LogP contribution is -2.15. The maximum atomic E-state index is 11.1. The number of nitro benzene ring substituents is 1. The molecule has 1 aromatic rings. The molecule has 6 nitrogen and oxygen atoms in total. The fraction of sp³-hybridized carbons (Fsp3) is 0.600. The number of nitrogens with one attached hydrogen (secondary N) is 1. The number of nitrogens with zero attached hydrogens (tertiary/aromatic N) is 1. The van der Waals surface area contributed by atoms with E-state index in [2.05, 4.69) is 5.32 Å². The van der Waals surface area contributed by atoms with Crippen LogP contribution in [0.15, 0.2) is 18.2 Å². The van der Waals surface area contributed by atoms with Crippen molar-refractivity contribution in [3.05, 3.63) is 33.9 Å². The summed E-state index contributed by atoms with van der Waals surface area (Å²) in [5.41, 5.74) is 0.956. The number of hydrogen-bond acceptors (Lipinski definition) is 5. The second-order valence-corrected chi connectivity index (χ2v) is 5.26. The summed E-state index contributed by atoms with van der Waals surface area (Å²) in [5, 5.41) is 14.5. The molecule has 21 heavy (non-hydrogen) atoms. The molecule has 6 heteroatoms. The molecule has 0 atom stereocenters. The fourth-order valence-electron chi connectivity index (χ4n) is 2.02. The predicted octanol–water partition coefficient (Wildman–Crippen LogP) is 2.65. The van der Waals surface area contributed by atoms with Crippen LogP contribution in [0.1, 0.15) is 31.2 Å². The molecule has 116 valence electrons. The number of benzene rings is 1. The highest BCUT2D eigenvalue weighted by molar-refractivity contribution is 5.48. The van der Waals surface area contributed by atoms with Gasteiger partial charge < -0.3 is 14.8 Å². The average Bonchev–Trinajstić information content (AvgIpc) is 3.29. The highest BCUT2D eigenvalue weighted by atomic mass is 16.6. The molecular formula is C15H22N2O4. The number of unbranched alkanes of at least 4 members (excludes halogenated alkanes) is 1. The summed E-state index contributed by atoms with van der Waals surface area (Å²) in [6, 6.07) is 5.76. The standard InChI is InChI=1S/C15H22N2O4/c1-20-8-2-3-9-21-15-7-4-12(10-14(15)17(18)19)11-16-13-5-6-13/h4,7,10,13,16H,2-3,5-6,8-9,11H2,1H3. The smallest absolute Gasteiger partial charge is 0.311 e. The first-order valence-electron chi connectivity index (χ1n) is 7.33. The van der Waals surface area contributed by atoms with Crippen LogP contribution in [0.4, 0.5) is 5.69 Å². The predicted molar refractivity (Wildman–Crippen MR) is 79.6 cm³/mol. The minimum atomic E-state index is -0.384.